The van der Waals surface area contributed by atoms with Gasteiger partial charge in [-0.2, -0.15) is 0 Å². The van der Waals surface area contributed by atoms with Crippen molar-refractivity contribution in [3.05, 3.63) is 24.0 Å². The molecule has 1 amide bonds. The smallest absolute Gasteiger partial charge is 0.267 e. The van der Waals surface area contributed by atoms with Gasteiger partial charge in [-0.25, -0.2) is 0 Å². The fourth-order valence-corrected chi connectivity index (χ4v) is 1.70. The van der Waals surface area contributed by atoms with Crippen LogP contribution in [0.15, 0.2) is 18.3 Å². The Kier molecular flexibility index (Phi) is 4.20. The molecule has 1 saturated carbocycles. The molecule has 0 saturated heterocycles. The molecule has 94 valence electrons. The molecule has 1 aliphatic carbocycles. The van der Waals surface area contributed by atoms with Crippen LogP contribution in [0.5, 0.6) is 0 Å². The minimum atomic E-state index is -0.0142. The maximum absolute atomic E-state index is 11.7. The van der Waals surface area contributed by atoms with E-state index in [1.165, 1.54) is 12.8 Å². The Morgan fingerprint density at radius 2 is 2.41 bits per heavy atom. The predicted octanol–water partition coefficient (Wildman–Crippen LogP) is 1.57. The van der Waals surface area contributed by atoms with Crippen LogP contribution in [0, 0.1) is 5.92 Å². The van der Waals surface area contributed by atoms with E-state index in [1.54, 1.807) is 0 Å². The topological polar surface area (TPSA) is 43.3 Å². The summed E-state index contributed by atoms with van der Waals surface area (Å²) in [5, 5.41) is 2.89. The van der Waals surface area contributed by atoms with Crippen LogP contribution in [0.4, 0.5) is 0 Å². The summed E-state index contributed by atoms with van der Waals surface area (Å²) < 4.78 is 7.32. The van der Waals surface area contributed by atoms with Gasteiger partial charge < -0.3 is 14.6 Å². The maximum atomic E-state index is 11.7. The third kappa shape index (κ3) is 3.89. The van der Waals surface area contributed by atoms with Crippen molar-refractivity contribution >= 4 is 5.91 Å². The van der Waals surface area contributed by atoms with Crippen LogP contribution in [0.2, 0.25) is 0 Å². The van der Waals surface area contributed by atoms with E-state index >= 15 is 0 Å². The fraction of sp³-hybridized carbons (Fsp3) is 0.615. The molecule has 1 aromatic rings. The first-order valence-electron chi connectivity index (χ1n) is 6.24. The van der Waals surface area contributed by atoms with Gasteiger partial charge in [-0.05, 0) is 37.3 Å². The number of rotatable bonds is 7. The third-order valence-corrected chi connectivity index (χ3v) is 2.98. The van der Waals surface area contributed by atoms with Gasteiger partial charge in [0.1, 0.15) is 5.69 Å². The van der Waals surface area contributed by atoms with Crippen molar-refractivity contribution in [2.75, 3.05) is 19.8 Å². The van der Waals surface area contributed by atoms with Crippen LogP contribution in [0.25, 0.3) is 0 Å². The lowest BCUT2D eigenvalue weighted by atomic mass is 10.3. The first-order chi connectivity index (χ1) is 8.27. The normalized spacial score (nSPS) is 14.9. The molecule has 1 aromatic heterocycles. The Bertz CT molecular complexity index is 369. The zero-order valence-electron chi connectivity index (χ0n) is 10.3. The second-order valence-electron chi connectivity index (χ2n) is 4.63. The lowest BCUT2D eigenvalue weighted by molar-refractivity contribution is 0.0929. The van der Waals surface area contributed by atoms with E-state index in [0.717, 1.165) is 25.6 Å². The van der Waals surface area contributed by atoms with Gasteiger partial charge in [-0.1, -0.05) is 0 Å². The van der Waals surface area contributed by atoms with Crippen molar-refractivity contribution in [2.45, 2.75) is 19.3 Å². The van der Waals surface area contributed by atoms with Crippen molar-refractivity contribution in [1.29, 1.82) is 0 Å². The van der Waals surface area contributed by atoms with Gasteiger partial charge in [0.25, 0.3) is 5.91 Å². The van der Waals surface area contributed by atoms with E-state index in [4.69, 9.17) is 4.74 Å². The molecule has 4 heteroatoms. The van der Waals surface area contributed by atoms with E-state index in [1.807, 2.05) is 29.9 Å². The highest BCUT2D eigenvalue weighted by Gasteiger charge is 2.20. The fourth-order valence-electron chi connectivity index (χ4n) is 1.70. The highest BCUT2D eigenvalue weighted by Crippen LogP contribution is 2.28. The summed E-state index contributed by atoms with van der Waals surface area (Å²) in [4.78, 5) is 11.7. The summed E-state index contributed by atoms with van der Waals surface area (Å²) in [6.45, 7) is 2.31. The van der Waals surface area contributed by atoms with E-state index in [0.29, 0.717) is 12.2 Å². The Hall–Kier alpha value is -1.29. The number of nitrogens with one attached hydrogen (secondary N) is 1. The summed E-state index contributed by atoms with van der Waals surface area (Å²) in [6, 6.07) is 3.69. The van der Waals surface area contributed by atoms with Gasteiger partial charge in [-0.3, -0.25) is 4.79 Å². The minimum absolute atomic E-state index is 0.0142. The average Bonchev–Trinajstić information content (AvgIpc) is 3.04. The summed E-state index contributed by atoms with van der Waals surface area (Å²) in [6.07, 6.45) is 5.39. The molecule has 0 bridgehead atoms. The standard InChI is InChI=1S/C13H20N2O2/c1-15-8-2-4-12(15)13(16)14-7-3-9-17-10-11-5-6-11/h2,4,8,11H,3,5-7,9-10H2,1H3,(H,14,16). The van der Waals surface area contributed by atoms with Crippen LogP contribution in [-0.4, -0.2) is 30.2 Å². The molecule has 4 nitrogen and oxygen atoms in total. The molecule has 0 unspecified atom stereocenters. The molecule has 17 heavy (non-hydrogen) atoms. The zero-order valence-corrected chi connectivity index (χ0v) is 10.3. The SMILES string of the molecule is Cn1cccc1C(=O)NCCCOCC1CC1. The molecule has 0 aromatic carbocycles. The highest BCUT2D eigenvalue weighted by molar-refractivity contribution is 5.92. The van der Waals surface area contributed by atoms with Gasteiger partial charge in [0, 0.05) is 33.0 Å². The van der Waals surface area contributed by atoms with Gasteiger partial charge in [-0.15, -0.1) is 0 Å². The number of amides is 1. The van der Waals surface area contributed by atoms with Crippen molar-refractivity contribution in [2.24, 2.45) is 13.0 Å². The summed E-state index contributed by atoms with van der Waals surface area (Å²) in [5.74, 6) is 0.799. The first-order valence-corrected chi connectivity index (χ1v) is 6.24. The number of aromatic nitrogens is 1. The largest absolute Gasteiger partial charge is 0.381 e. The van der Waals surface area contributed by atoms with E-state index in [-0.39, 0.29) is 5.91 Å². The molecule has 1 fully saturated rings. The Morgan fingerprint density at radius 1 is 1.59 bits per heavy atom. The molecule has 0 atom stereocenters. The third-order valence-electron chi connectivity index (χ3n) is 2.98. The molecule has 1 N–H and O–H groups in total. The summed E-state index contributed by atoms with van der Waals surface area (Å²) >= 11 is 0. The maximum Gasteiger partial charge on any atom is 0.267 e. The van der Waals surface area contributed by atoms with E-state index in [2.05, 4.69) is 5.32 Å². The Balaban J connectivity index is 1.55. The van der Waals surface area contributed by atoms with E-state index in [9.17, 15) is 4.79 Å². The lowest BCUT2D eigenvalue weighted by Crippen LogP contribution is -2.27. The van der Waals surface area contributed by atoms with Gasteiger partial charge in [0.05, 0.1) is 0 Å². The van der Waals surface area contributed by atoms with Gasteiger partial charge in [0.2, 0.25) is 0 Å². The molecule has 0 aliphatic heterocycles. The second-order valence-corrected chi connectivity index (χ2v) is 4.63. The number of ether oxygens (including phenoxy) is 1. The molecule has 0 spiro atoms. The Morgan fingerprint density at radius 3 is 3.06 bits per heavy atom. The molecule has 2 rings (SSSR count). The van der Waals surface area contributed by atoms with Crippen LogP contribution < -0.4 is 5.32 Å². The summed E-state index contributed by atoms with van der Waals surface area (Å²) in [5.41, 5.74) is 0.698. The quantitative estimate of drug-likeness (QED) is 0.730. The lowest BCUT2D eigenvalue weighted by Gasteiger charge is -2.06. The minimum Gasteiger partial charge on any atom is -0.381 e. The molecular weight excluding hydrogens is 216 g/mol. The van der Waals surface area contributed by atoms with Crippen molar-refractivity contribution in [1.82, 2.24) is 9.88 Å². The number of hydrogen-bond donors (Lipinski definition) is 1. The Labute approximate surface area is 102 Å². The van der Waals surface area contributed by atoms with Crippen LogP contribution in [0.3, 0.4) is 0 Å². The van der Waals surface area contributed by atoms with Gasteiger partial charge in [0.15, 0.2) is 0 Å². The van der Waals surface area contributed by atoms with Crippen molar-refractivity contribution in [3.8, 4) is 0 Å². The number of nitrogens with zero attached hydrogens (tertiary/aromatic N) is 1. The monoisotopic (exact) mass is 236 g/mol. The average molecular weight is 236 g/mol. The first kappa shape index (κ1) is 12.2. The summed E-state index contributed by atoms with van der Waals surface area (Å²) in [7, 11) is 1.87. The van der Waals surface area contributed by atoms with Gasteiger partial charge >= 0.3 is 0 Å². The van der Waals surface area contributed by atoms with Crippen molar-refractivity contribution < 1.29 is 9.53 Å². The number of hydrogen-bond acceptors (Lipinski definition) is 2. The number of carbonyl (C=O) groups is 1. The molecule has 1 aliphatic rings. The molecular formula is C13H20N2O2. The van der Waals surface area contributed by atoms with E-state index < -0.39 is 0 Å². The van der Waals surface area contributed by atoms with Crippen LogP contribution in [0.1, 0.15) is 29.8 Å². The van der Waals surface area contributed by atoms with Crippen molar-refractivity contribution in [3.63, 3.8) is 0 Å². The number of carbonyl (C=O) groups excluding carboxylic acids is 1. The second kappa shape index (κ2) is 5.87. The predicted molar refractivity (Wildman–Crippen MR) is 65.9 cm³/mol. The molecule has 1 heterocycles. The zero-order chi connectivity index (χ0) is 12.1. The number of aryl methyl sites for hydroxylation is 1. The molecule has 0 radical (unpaired) electrons. The highest BCUT2D eigenvalue weighted by atomic mass is 16.5. The van der Waals surface area contributed by atoms with Crippen LogP contribution >= 0.6 is 0 Å². The van der Waals surface area contributed by atoms with Crippen LogP contribution in [-0.2, 0) is 11.8 Å².